The van der Waals surface area contributed by atoms with Crippen molar-refractivity contribution in [3.05, 3.63) is 24.3 Å². The maximum Gasteiger partial charge on any atom is 0.303 e. The number of rotatable bonds is 8. The average Bonchev–Trinajstić information content (AvgIpc) is 2.34. The van der Waals surface area contributed by atoms with Gasteiger partial charge in [0.2, 0.25) is 0 Å². The molecule has 94 valence electrons. The molecule has 17 heavy (non-hydrogen) atoms. The van der Waals surface area contributed by atoms with Crippen LogP contribution in [0.25, 0.3) is 0 Å². The second kappa shape index (κ2) is 7.87. The Morgan fingerprint density at radius 2 is 2.00 bits per heavy atom. The maximum absolute atomic E-state index is 10.3. The van der Waals surface area contributed by atoms with E-state index < -0.39 is 5.97 Å². The van der Waals surface area contributed by atoms with Crippen LogP contribution >= 0.6 is 8.81 Å². The molecule has 1 aromatic rings. The second-order valence-corrected chi connectivity index (χ2v) is 4.48. The van der Waals surface area contributed by atoms with Gasteiger partial charge in [0.25, 0.3) is 0 Å². The number of benzene rings is 1. The molecule has 6 heteroatoms. The van der Waals surface area contributed by atoms with E-state index in [1.54, 1.807) is 24.3 Å². The summed E-state index contributed by atoms with van der Waals surface area (Å²) in [5.74, 6) is 0.00177. The molecule has 3 N–H and O–H groups in total. The zero-order valence-corrected chi connectivity index (χ0v) is 10.3. The summed E-state index contributed by atoms with van der Waals surface area (Å²) in [7, 11) is 0.335. The summed E-state index contributed by atoms with van der Waals surface area (Å²) in [6.07, 6.45) is 2.65. The fourth-order valence-corrected chi connectivity index (χ4v) is 2.00. The topological polar surface area (TPSA) is 78.8 Å². The predicted octanol–water partition coefficient (Wildman–Crippen LogP) is 2.71. The standard InChI is InChI=1S/C11H16NO4P/c13-11(14)3-1-2-8-17-16-10-6-4-9(12-15)5-7-10/h4-7,12,15,17H,1-3,8H2,(H,13,14). The molecule has 0 saturated carbocycles. The Labute approximate surface area is 102 Å². The van der Waals surface area contributed by atoms with E-state index in [0.29, 0.717) is 20.9 Å². The summed E-state index contributed by atoms with van der Waals surface area (Å²) in [6.45, 7) is 0. The molecule has 0 amide bonds. The van der Waals surface area contributed by atoms with Gasteiger partial charge in [0.15, 0.2) is 0 Å². The quantitative estimate of drug-likeness (QED) is 0.379. The molecular weight excluding hydrogens is 241 g/mol. The van der Waals surface area contributed by atoms with Gasteiger partial charge in [0.1, 0.15) is 5.75 Å². The summed E-state index contributed by atoms with van der Waals surface area (Å²) >= 11 is 0. The van der Waals surface area contributed by atoms with E-state index in [9.17, 15) is 4.79 Å². The van der Waals surface area contributed by atoms with Crippen LogP contribution in [0, 0.1) is 0 Å². The molecule has 0 aliphatic carbocycles. The number of carbonyl (C=O) groups is 1. The Hall–Kier alpha value is -1.32. The van der Waals surface area contributed by atoms with Crippen LogP contribution in [0.15, 0.2) is 24.3 Å². The largest absolute Gasteiger partial charge is 0.481 e. The van der Waals surface area contributed by atoms with E-state index in [2.05, 4.69) is 0 Å². The molecular formula is C11H16NO4P. The summed E-state index contributed by atoms with van der Waals surface area (Å²) in [4.78, 5) is 10.3. The highest BCUT2D eigenvalue weighted by atomic mass is 31.1. The molecule has 1 rings (SSSR count). The van der Waals surface area contributed by atoms with Crippen molar-refractivity contribution in [1.82, 2.24) is 0 Å². The van der Waals surface area contributed by atoms with Crippen LogP contribution in [0.4, 0.5) is 5.69 Å². The van der Waals surface area contributed by atoms with Gasteiger partial charge in [-0.2, -0.15) is 0 Å². The molecule has 0 heterocycles. The number of unbranched alkanes of at least 4 members (excludes halogenated alkanes) is 1. The van der Waals surface area contributed by atoms with Gasteiger partial charge in [-0.25, -0.2) is 0 Å². The number of aliphatic carboxylic acids is 1. The van der Waals surface area contributed by atoms with Crippen molar-refractivity contribution in [2.75, 3.05) is 11.6 Å². The molecule has 0 aliphatic rings. The lowest BCUT2D eigenvalue weighted by molar-refractivity contribution is -0.137. The SMILES string of the molecule is O=C(O)CCCCPOc1ccc(NO)cc1. The minimum atomic E-state index is -0.749. The zero-order chi connectivity index (χ0) is 12.5. The third-order valence-electron chi connectivity index (χ3n) is 2.09. The van der Waals surface area contributed by atoms with Gasteiger partial charge in [-0.15, -0.1) is 0 Å². The molecule has 0 bridgehead atoms. The lowest BCUT2D eigenvalue weighted by atomic mass is 10.3. The van der Waals surface area contributed by atoms with E-state index >= 15 is 0 Å². The van der Waals surface area contributed by atoms with Gasteiger partial charge in [0, 0.05) is 12.6 Å². The van der Waals surface area contributed by atoms with Gasteiger partial charge in [-0.05, 0) is 37.1 Å². The highest BCUT2D eigenvalue weighted by Gasteiger charge is 1.98. The first-order valence-electron chi connectivity index (χ1n) is 5.34. The van der Waals surface area contributed by atoms with Gasteiger partial charge >= 0.3 is 5.97 Å². The summed E-state index contributed by atoms with van der Waals surface area (Å²) in [5.41, 5.74) is 2.65. The van der Waals surface area contributed by atoms with Crippen LogP contribution < -0.4 is 10.0 Å². The van der Waals surface area contributed by atoms with Crippen molar-refractivity contribution in [1.29, 1.82) is 0 Å². The monoisotopic (exact) mass is 257 g/mol. The molecule has 0 radical (unpaired) electrons. The van der Waals surface area contributed by atoms with Gasteiger partial charge < -0.3 is 9.63 Å². The van der Waals surface area contributed by atoms with Crippen LogP contribution in [0.5, 0.6) is 5.75 Å². The highest BCUT2D eigenvalue weighted by molar-refractivity contribution is 7.32. The van der Waals surface area contributed by atoms with Gasteiger partial charge in [-0.3, -0.25) is 15.5 Å². The highest BCUT2D eigenvalue weighted by Crippen LogP contribution is 2.23. The minimum absolute atomic E-state index is 0.224. The van der Waals surface area contributed by atoms with E-state index in [1.807, 2.05) is 5.48 Å². The molecule has 0 aliphatic heterocycles. The number of nitrogens with one attached hydrogen (secondary N) is 1. The number of carboxylic acids is 1. The van der Waals surface area contributed by atoms with Crippen molar-refractivity contribution in [2.45, 2.75) is 19.3 Å². The van der Waals surface area contributed by atoms with Crippen molar-refractivity contribution < 1.29 is 19.6 Å². The molecule has 1 aromatic carbocycles. The van der Waals surface area contributed by atoms with Crippen molar-refractivity contribution in [3.8, 4) is 5.75 Å². The molecule has 0 spiro atoms. The fourth-order valence-electron chi connectivity index (χ4n) is 1.21. The Bertz CT molecular complexity index is 342. The second-order valence-electron chi connectivity index (χ2n) is 3.48. The van der Waals surface area contributed by atoms with Gasteiger partial charge in [0.05, 0.1) is 14.5 Å². The number of carboxylic acid groups (broad SMARTS) is 1. The Morgan fingerprint density at radius 1 is 1.29 bits per heavy atom. The smallest absolute Gasteiger partial charge is 0.303 e. The first-order valence-corrected chi connectivity index (χ1v) is 6.45. The summed E-state index contributed by atoms with van der Waals surface area (Å²) < 4.78 is 5.48. The molecule has 0 aromatic heterocycles. The summed E-state index contributed by atoms with van der Waals surface area (Å²) in [5, 5.41) is 17.1. The lowest BCUT2D eigenvalue weighted by Gasteiger charge is -2.06. The number of hydrogen-bond donors (Lipinski definition) is 3. The predicted molar refractivity (Wildman–Crippen MR) is 67.1 cm³/mol. The maximum atomic E-state index is 10.3. The van der Waals surface area contributed by atoms with E-state index in [4.69, 9.17) is 14.8 Å². The summed E-state index contributed by atoms with van der Waals surface area (Å²) in [6, 6.07) is 6.96. The molecule has 0 fully saturated rings. The van der Waals surface area contributed by atoms with Crippen LogP contribution in [-0.2, 0) is 4.79 Å². The molecule has 5 nitrogen and oxygen atoms in total. The third kappa shape index (κ3) is 6.09. The Balaban J connectivity index is 2.11. The first-order chi connectivity index (χ1) is 8.22. The normalized spacial score (nSPS) is 10.6. The zero-order valence-electron chi connectivity index (χ0n) is 9.35. The first kappa shape index (κ1) is 13.7. The van der Waals surface area contributed by atoms with Crippen LogP contribution in [0.1, 0.15) is 19.3 Å². The molecule has 0 saturated heterocycles. The van der Waals surface area contributed by atoms with E-state index in [1.165, 1.54) is 0 Å². The Kier molecular flexibility index (Phi) is 6.37. The van der Waals surface area contributed by atoms with E-state index in [0.717, 1.165) is 18.3 Å². The minimum Gasteiger partial charge on any atom is -0.481 e. The fraction of sp³-hybridized carbons (Fsp3) is 0.364. The number of hydrogen-bond acceptors (Lipinski definition) is 4. The van der Waals surface area contributed by atoms with Crippen molar-refractivity contribution in [2.24, 2.45) is 0 Å². The Morgan fingerprint density at radius 3 is 2.59 bits per heavy atom. The lowest BCUT2D eigenvalue weighted by Crippen LogP contribution is -1.94. The molecule has 1 atom stereocenters. The van der Waals surface area contributed by atoms with Crippen LogP contribution in [0.2, 0.25) is 0 Å². The number of anilines is 1. The average molecular weight is 257 g/mol. The van der Waals surface area contributed by atoms with Crippen molar-refractivity contribution >= 4 is 20.5 Å². The third-order valence-corrected chi connectivity index (χ3v) is 3.03. The van der Waals surface area contributed by atoms with E-state index in [-0.39, 0.29) is 6.42 Å². The van der Waals surface area contributed by atoms with Crippen LogP contribution in [0.3, 0.4) is 0 Å². The van der Waals surface area contributed by atoms with Gasteiger partial charge in [-0.1, -0.05) is 0 Å². The van der Waals surface area contributed by atoms with Crippen LogP contribution in [-0.4, -0.2) is 22.4 Å². The van der Waals surface area contributed by atoms with Crippen molar-refractivity contribution in [3.63, 3.8) is 0 Å². The molecule has 1 unspecified atom stereocenters.